The molecule has 0 aromatic heterocycles. The van der Waals surface area contributed by atoms with Crippen molar-refractivity contribution in [3.05, 3.63) is 28.2 Å². The first-order valence-electron chi connectivity index (χ1n) is 5.90. The first kappa shape index (κ1) is 14.5. The Bertz CT molecular complexity index is 318. The third-order valence-corrected chi connectivity index (χ3v) is 2.68. The van der Waals surface area contributed by atoms with Gasteiger partial charge in [-0.2, -0.15) is 0 Å². The van der Waals surface area contributed by atoms with E-state index in [1.54, 1.807) is 0 Å². The van der Waals surface area contributed by atoms with Crippen LogP contribution in [0.3, 0.4) is 0 Å². The molecule has 1 N–H and O–H groups in total. The molecule has 0 aliphatic heterocycles. The van der Waals surface area contributed by atoms with Crippen LogP contribution >= 0.6 is 15.9 Å². The van der Waals surface area contributed by atoms with E-state index in [-0.39, 0.29) is 6.29 Å². The second kappa shape index (κ2) is 7.69. The summed E-state index contributed by atoms with van der Waals surface area (Å²) in [6.07, 6.45) is -0.190. The fraction of sp³-hybridized carbons (Fsp3) is 0.538. The van der Waals surface area contributed by atoms with Gasteiger partial charge in [-0.15, -0.1) is 0 Å². The Kier molecular flexibility index (Phi) is 6.55. The van der Waals surface area contributed by atoms with Gasteiger partial charge < -0.3 is 14.8 Å². The lowest BCUT2D eigenvalue weighted by molar-refractivity contribution is -0.126. The Morgan fingerprint density at radius 3 is 2.35 bits per heavy atom. The standard InChI is InChI=1S/C13H20BrNO2/c1-4-16-13(17-5-2)9-15-12-7-10(3)6-11(14)8-12/h6-8,13,15H,4-5,9H2,1-3H3. The predicted octanol–water partition coefficient (Wildman–Crippen LogP) is 3.57. The van der Waals surface area contributed by atoms with Gasteiger partial charge in [-0.1, -0.05) is 15.9 Å². The molecule has 0 aliphatic carbocycles. The number of halogens is 1. The lowest BCUT2D eigenvalue weighted by atomic mass is 10.2. The molecule has 0 saturated heterocycles. The fourth-order valence-electron chi connectivity index (χ4n) is 1.58. The Labute approximate surface area is 112 Å². The molecule has 17 heavy (non-hydrogen) atoms. The van der Waals surface area contributed by atoms with E-state index >= 15 is 0 Å². The van der Waals surface area contributed by atoms with Crippen molar-refractivity contribution in [2.75, 3.05) is 25.1 Å². The molecule has 0 unspecified atom stereocenters. The maximum Gasteiger partial charge on any atom is 0.174 e. The van der Waals surface area contributed by atoms with E-state index in [4.69, 9.17) is 9.47 Å². The second-order valence-electron chi connectivity index (χ2n) is 3.74. The average molecular weight is 302 g/mol. The number of rotatable bonds is 7. The Morgan fingerprint density at radius 1 is 1.18 bits per heavy atom. The molecule has 0 saturated carbocycles. The summed E-state index contributed by atoms with van der Waals surface area (Å²) in [6.45, 7) is 7.97. The average Bonchev–Trinajstić information content (AvgIpc) is 2.25. The van der Waals surface area contributed by atoms with Crippen LogP contribution in [0.4, 0.5) is 5.69 Å². The zero-order chi connectivity index (χ0) is 12.7. The van der Waals surface area contributed by atoms with Gasteiger partial charge in [0.25, 0.3) is 0 Å². The summed E-state index contributed by atoms with van der Waals surface area (Å²) >= 11 is 3.48. The molecular weight excluding hydrogens is 282 g/mol. The van der Waals surface area contributed by atoms with Gasteiger partial charge >= 0.3 is 0 Å². The minimum Gasteiger partial charge on any atom is -0.380 e. The van der Waals surface area contributed by atoms with Gasteiger partial charge in [-0.3, -0.25) is 0 Å². The summed E-state index contributed by atoms with van der Waals surface area (Å²) in [5.74, 6) is 0. The maximum absolute atomic E-state index is 5.47. The summed E-state index contributed by atoms with van der Waals surface area (Å²) in [5.41, 5.74) is 2.28. The number of hydrogen-bond acceptors (Lipinski definition) is 3. The number of aryl methyl sites for hydroxylation is 1. The van der Waals surface area contributed by atoms with E-state index in [1.165, 1.54) is 5.56 Å². The van der Waals surface area contributed by atoms with Crippen molar-refractivity contribution < 1.29 is 9.47 Å². The third-order valence-electron chi connectivity index (χ3n) is 2.22. The lowest BCUT2D eigenvalue weighted by Crippen LogP contribution is -2.26. The van der Waals surface area contributed by atoms with Crippen LogP contribution in [0.2, 0.25) is 0 Å². The van der Waals surface area contributed by atoms with Gasteiger partial charge in [-0.05, 0) is 44.5 Å². The number of nitrogens with one attached hydrogen (secondary N) is 1. The molecule has 96 valence electrons. The largest absolute Gasteiger partial charge is 0.380 e. The van der Waals surface area contributed by atoms with Gasteiger partial charge in [0.15, 0.2) is 6.29 Å². The number of anilines is 1. The van der Waals surface area contributed by atoms with Crippen molar-refractivity contribution in [1.29, 1.82) is 0 Å². The van der Waals surface area contributed by atoms with E-state index in [0.29, 0.717) is 19.8 Å². The zero-order valence-electron chi connectivity index (χ0n) is 10.6. The van der Waals surface area contributed by atoms with E-state index in [9.17, 15) is 0 Å². The smallest absolute Gasteiger partial charge is 0.174 e. The van der Waals surface area contributed by atoms with Crippen molar-refractivity contribution in [2.45, 2.75) is 27.1 Å². The summed E-state index contributed by atoms with van der Waals surface area (Å²) in [6, 6.07) is 6.22. The van der Waals surface area contributed by atoms with Gasteiger partial charge in [0.1, 0.15) is 0 Å². The minimum absolute atomic E-state index is 0.190. The molecular formula is C13H20BrNO2. The third kappa shape index (κ3) is 5.52. The van der Waals surface area contributed by atoms with E-state index in [1.807, 2.05) is 19.9 Å². The summed E-state index contributed by atoms with van der Waals surface area (Å²) in [4.78, 5) is 0. The molecule has 0 aliphatic rings. The van der Waals surface area contributed by atoms with Crippen LogP contribution in [0.15, 0.2) is 22.7 Å². The number of ether oxygens (including phenoxy) is 2. The molecule has 4 heteroatoms. The van der Waals surface area contributed by atoms with Gasteiger partial charge in [-0.25, -0.2) is 0 Å². The SMILES string of the molecule is CCOC(CNc1cc(C)cc(Br)c1)OCC. The van der Waals surface area contributed by atoms with Crippen LogP contribution < -0.4 is 5.32 Å². The Hall–Kier alpha value is -0.580. The molecule has 0 atom stereocenters. The summed E-state index contributed by atoms with van der Waals surface area (Å²) in [7, 11) is 0. The molecule has 0 heterocycles. The highest BCUT2D eigenvalue weighted by Gasteiger charge is 2.07. The van der Waals surface area contributed by atoms with E-state index < -0.39 is 0 Å². The van der Waals surface area contributed by atoms with Crippen molar-refractivity contribution in [3.63, 3.8) is 0 Å². The van der Waals surface area contributed by atoms with Crippen molar-refractivity contribution in [2.24, 2.45) is 0 Å². The lowest BCUT2D eigenvalue weighted by Gasteiger charge is -2.18. The molecule has 0 bridgehead atoms. The first-order chi connectivity index (χ1) is 8.15. The Morgan fingerprint density at radius 2 is 1.82 bits per heavy atom. The summed E-state index contributed by atoms with van der Waals surface area (Å²) < 4.78 is 12.0. The topological polar surface area (TPSA) is 30.5 Å². The second-order valence-corrected chi connectivity index (χ2v) is 4.65. The van der Waals surface area contributed by atoms with Crippen LogP contribution in [-0.4, -0.2) is 26.0 Å². The predicted molar refractivity (Wildman–Crippen MR) is 74.4 cm³/mol. The monoisotopic (exact) mass is 301 g/mol. The molecule has 0 fully saturated rings. The normalized spacial score (nSPS) is 10.9. The van der Waals surface area contributed by atoms with Crippen LogP contribution in [0.5, 0.6) is 0 Å². The van der Waals surface area contributed by atoms with Crippen molar-refractivity contribution in [3.8, 4) is 0 Å². The first-order valence-corrected chi connectivity index (χ1v) is 6.69. The highest BCUT2D eigenvalue weighted by Crippen LogP contribution is 2.19. The number of benzene rings is 1. The van der Waals surface area contributed by atoms with Crippen LogP contribution in [0, 0.1) is 6.92 Å². The molecule has 1 rings (SSSR count). The minimum atomic E-state index is -0.190. The maximum atomic E-state index is 5.47. The highest BCUT2D eigenvalue weighted by molar-refractivity contribution is 9.10. The van der Waals surface area contributed by atoms with Crippen LogP contribution in [0.25, 0.3) is 0 Å². The zero-order valence-corrected chi connectivity index (χ0v) is 12.2. The molecule has 0 spiro atoms. The van der Waals surface area contributed by atoms with Crippen molar-refractivity contribution in [1.82, 2.24) is 0 Å². The van der Waals surface area contributed by atoms with Crippen molar-refractivity contribution >= 4 is 21.6 Å². The van der Waals surface area contributed by atoms with E-state index in [2.05, 4.69) is 40.3 Å². The van der Waals surface area contributed by atoms with Gasteiger partial charge in [0, 0.05) is 23.4 Å². The molecule has 1 aromatic rings. The summed E-state index contributed by atoms with van der Waals surface area (Å²) in [5, 5.41) is 3.32. The number of hydrogen-bond donors (Lipinski definition) is 1. The highest BCUT2D eigenvalue weighted by atomic mass is 79.9. The quantitative estimate of drug-likeness (QED) is 0.781. The Balaban J connectivity index is 2.52. The van der Waals surface area contributed by atoms with Crippen LogP contribution in [0.1, 0.15) is 19.4 Å². The van der Waals surface area contributed by atoms with Crippen LogP contribution in [-0.2, 0) is 9.47 Å². The fourth-order valence-corrected chi connectivity index (χ4v) is 2.19. The molecule has 0 radical (unpaired) electrons. The molecule has 1 aromatic carbocycles. The van der Waals surface area contributed by atoms with Gasteiger partial charge in [0.05, 0.1) is 6.54 Å². The van der Waals surface area contributed by atoms with E-state index in [0.717, 1.165) is 10.2 Å². The molecule has 3 nitrogen and oxygen atoms in total. The molecule has 0 amide bonds. The van der Waals surface area contributed by atoms with Gasteiger partial charge in [0.2, 0.25) is 0 Å².